The number of hydrogen-bond donors (Lipinski definition) is 0. The van der Waals surface area contributed by atoms with Gasteiger partial charge in [0.2, 0.25) is 0 Å². The maximum atomic E-state index is 12.5. The summed E-state index contributed by atoms with van der Waals surface area (Å²) in [6, 6.07) is 12.2. The minimum atomic E-state index is 0.170. The first-order chi connectivity index (χ1) is 9.33. The number of rotatable bonds is 5. The van der Waals surface area contributed by atoms with Gasteiger partial charge in [-0.15, -0.1) is 0 Å². The molecule has 0 bridgehead atoms. The maximum Gasteiger partial charge on any atom is 0.258 e. The predicted molar refractivity (Wildman–Crippen MR) is 79.8 cm³/mol. The summed E-state index contributed by atoms with van der Waals surface area (Å²) in [5, 5.41) is 2.30. The molecule has 2 heteroatoms. The molecular weight excluding hydrogens is 234 g/mol. The van der Waals surface area contributed by atoms with Crippen molar-refractivity contribution in [3.05, 3.63) is 42.0 Å². The molecule has 0 aliphatic carbocycles. The fourth-order valence-corrected chi connectivity index (χ4v) is 2.90. The van der Waals surface area contributed by atoms with E-state index in [0.29, 0.717) is 0 Å². The van der Waals surface area contributed by atoms with Gasteiger partial charge in [-0.1, -0.05) is 50.5 Å². The van der Waals surface area contributed by atoms with Crippen LogP contribution in [0.15, 0.2) is 36.4 Å². The van der Waals surface area contributed by atoms with E-state index < -0.39 is 0 Å². The highest BCUT2D eigenvalue weighted by molar-refractivity contribution is 6.24. The van der Waals surface area contributed by atoms with Gasteiger partial charge in [0.15, 0.2) is 0 Å². The van der Waals surface area contributed by atoms with Crippen LogP contribution in [0.3, 0.4) is 0 Å². The van der Waals surface area contributed by atoms with Crippen LogP contribution in [0.5, 0.6) is 0 Å². The van der Waals surface area contributed by atoms with E-state index in [0.717, 1.165) is 29.6 Å². The van der Waals surface area contributed by atoms with Crippen molar-refractivity contribution in [2.24, 2.45) is 0 Å². The molecule has 98 valence electrons. The van der Waals surface area contributed by atoms with Crippen molar-refractivity contribution in [3.63, 3.8) is 0 Å². The van der Waals surface area contributed by atoms with Gasteiger partial charge in [-0.05, 0) is 23.9 Å². The minimum absolute atomic E-state index is 0.170. The molecule has 0 saturated heterocycles. The molecule has 0 radical (unpaired) electrons. The molecule has 0 aromatic heterocycles. The van der Waals surface area contributed by atoms with Gasteiger partial charge in [0.1, 0.15) is 0 Å². The van der Waals surface area contributed by atoms with E-state index in [9.17, 15) is 4.79 Å². The Morgan fingerprint density at radius 1 is 1.00 bits per heavy atom. The van der Waals surface area contributed by atoms with Gasteiger partial charge in [-0.25, -0.2) is 0 Å². The lowest BCUT2D eigenvalue weighted by molar-refractivity contribution is 0.0992. The summed E-state index contributed by atoms with van der Waals surface area (Å²) >= 11 is 0. The number of carbonyl (C=O) groups is 1. The number of amides is 1. The topological polar surface area (TPSA) is 20.3 Å². The normalized spacial score (nSPS) is 13.5. The van der Waals surface area contributed by atoms with E-state index in [2.05, 4.69) is 25.1 Å². The highest BCUT2D eigenvalue weighted by Crippen LogP contribution is 2.37. The first kappa shape index (κ1) is 12.2. The minimum Gasteiger partial charge on any atom is -0.308 e. The van der Waals surface area contributed by atoms with E-state index in [4.69, 9.17) is 0 Å². The number of unbranched alkanes of at least 4 members (excludes halogenated alkanes) is 3. The zero-order valence-electron chi connectivity index (χ0n) is 11.4. The van der Waals surface area contributed by atoms with Crippen LogP contribution >= 0.6 is 0 Å². The quantitative estimate of drug-likeness (QED) is 0.724. The molecule has 19 heavy (non-hydrogen) atoms. The second-order valence-corrected chi connectivity index (χ2v) is 5.20. The van der Waals surface area contributed by atoms with Crippen LogP contribution in [0, 0.1) is 0 Å². The average molecular weight is 253 g/mol. The number of hydrogen-bond acceptors (Lipinski definition) is 1. The standard InChI is InChI=1S/C17H19NO/c1-2-3-4-5-12-18-15-11-7-9-13-8-6-10-14(16(13)15)17(18)19/h6-11H,2-5,12H2,1H3. The van der Waals surface area contributed by atoms with E-state index in [-0.39, 0.29) is 5.91 Å². The Balaban J connectivity index is 1.90. The fraction of sp³-hybridized carbons (Fsp3) is 0.353. The number of anilines is 1. The predicted octanol–water partition coefficient (Wildman–Crippen LogP) is 4.38. The smallest absolute Gasteiger partial charge is 0.258 e. The van der Waals surface area contributed by atoms with Crippen LogP contribution in [0.25, 0.3) is 10.8 Å². The van der Waals surface area contributed by atoms with Crippen molar-refractivity contribution in [1.82, 2.24) is 0 Å². The SMILES string of the molecule is CCCCCCN1C(=O)c2cccc3cccc1c23. The van der Waals surface area contributed by atoms with Gasteiger partial charge in [-0.2, -0.15) is 0 Å². The van der Waals surface area contributed by atoms with E-state index in [1.807, 2.05) is 23.1 Å². The first-order valence-corrected chi connectivity index (χ1v) is 7.16. The molecule has 1 aliphatic heterocycles. The van der Waals surface area contributed by atoms with E-state index in [1.165, 1.54) is 24.6 Å². The van der Waals surface area contributed by atoms with Crippen molar-refractivity contribution in [2.75, 3.05) is 11.4 Å². The van der Waals surface area contributed by atoms with Gasteiger partial charge >= 0.3 is 0 Å². The second-order valence-electron chi connectivity index (χ2n) is 5.20. The van der Waals surface area contributed by atoms with Gasteiger partial charge in [0, 0.05) is 17.5 Å². The molecule has 1 aliphatic rings. The molecular formula is C17H19NO. The van der Waals surface area contributed by atoms with Crippen LogP contribution < -0.4 is 4.90 Å². The molecule has 0 fully saturated rings. The summed E-state index contributed by atoms with van der Waals surface area (Å²) in [6.45, 7) is 3.05. The van der Waals surface area contributed by atoms with E-state index in [1.54, 1.807) is 0 Å². The molecule has 0 N–H and O–H groups in total. The van der Waals surface area contributed by atoms with Crippen molar-refractivity contribution in [3.8, 4) is 0 Å². The molecule has 2 aromatic carbocycles. The summed E-state index contributed by atoms with van der Waals surface area (Å²) in [4.78, 5) is 14.4. The third-order valence-corrected chi connectivity index (χ3v) is 3.88. The molecule has 0 unspecified atom stereocenters. The zero-order chi connectivity index (χ0) is 13.2. The largest absolute Gasteiger partial charge is 0.308 e. The lowest BCUT2D eigenvalue weighted by Gasteiger charge is -2.17. The molecule has 1 heterocycles. The Kier molecular flexibility index (Phi) is 3.24. The lowest BCUT2D eigenvalue weighted by Crippen LogP contribution is -2.27. The first-order valence-electron chi connectivity index (χ1n) is 7.16. The van der Waals surface area contributed by atoms with Crippen molar-refractivity contribution < 1.29 is 4.79 Å². The average Bonchev–Trinajstić information content (AvgIpc) is 2.71. The van der Waals surface area contributed by atoms with Crippen LogP contribution in [0.2, 0.25) is 0 Å². The highest BCUT2D eigenvalue weighted by atomic mass is 16.2. The second kappa shape index (κ2) is 5.04. The van der Waals surface area contributed by atoms with Crippen molar-refractivity contribution in [2.45, 2.75) is 32.6 Å². The number of benzene rings is 2. The Morgan fingerprint density at radius 3 is 2.58 bits per heavy atom. The molecule has 0 atom stereocenters. The van der Waals surface area contributed by atoms with Gasteiger partial charge in [0.05, 0.1) is 5.69 Å². The summed E-state index contributed by atoms with van der Waals surface area (Å²) in [6.07, 6.45) is 4.76. The van der Waals surface area contributed by atoms with Crippen LogP contribution in [-0.2, 0) is 0 Å². The Morgan fingerprint density at radius 2 is 1.79 bits per heavy atom. The number of nitrogens with zero attached hydrogens (tertiary/aromatic N) is 1. The summed E-state index contributed by atoms with van der Waals surface area (Å²) < 4.78 is 0. The Labute approximate surface area is 114 Å². The van der Waals surface area contributed by atoms with Crippen LogP contribution in [-0.4, -0.2) is 12.5 Å². The molecule has 3 rings (SSSR count). The Hall–Kier alpha value is -1.83. The monoisotopic (exact) mass is 253 g/mol. The summed E-state index contributed by atoms with van der Waals surface area (Å²) in [5.74, 6) is 0.170. The van der Waals surface area contributed by atoms with E-state index >= 15 is 0 Å². The fourth-order valence-electron chi connectivity index (χ4n) is 2.90. The zero-order valence-corrected chi connectivity index (χ0v) is 11.4. The maximum absolute atomic E-state index is 12.5. The molecule has 1 amide bonds. The van der Waals surface area contributed by atoms with Gasteiger partial charge in [-0.3, -0.25) is 4.79 Å². The highest BCUT2D eigenvalue weighted by Gasteiger charge is 2.28. The third kappa shape index (κ3) is 2.01. The van der Waals surface area contributed by atoms with Crippen molar-refractivity contribution >= 4 is 22.4 Å². The summed E-state index contributed by atoms with van der Waals surface area (Å²) in [7, 11) is 0. The lowest BCUT2D eigenvalue weighted by atomic mass is 10.1. The third-order valence-electron chi connectivity index (χ3n) is 3.88. The Bertz CT molecular complexity index is 612. The molecule has 0 spiro atoms. The molecule has 2 nitrogen and oxygen atoms in total. The van der Waals surface area contributed by atoms with Gasteiger partial charge < -0.3 is 4.90 Å². The number of carbonyl (C=O) groups excluding carboxylic acids is 1. The molecule has 2 aromatic rings. The van der Waals surface area contributed by atoms with Crippen LogP contribution in [0.1, 0.15) is 43.0 Å². The van der Waals surface area contributed by atoms with Crippen LogP contribution in [0.4, 0.5) is 5.69 Å². The van der Waals surface area contributed by atoms with Crippen molar-refractivity contribution in [1.29, 1.82) is 0 Å². The molecule has 0 saturated carbocycles. The summed E-state index contributed by atoms with van der Waals surface area (Å²) in [5.41, 5.74) is 1.96. The van der Waals surface area contributed by atoms with Gasteiger partial charge in [0.25, 0.3) is 5.91 Å².